The molecule has 196 valence electrons. The van der Waals surface area contributed by atoms with E-state index in [0.717, 1.165) is 29.4 Å². The summed E-state index contributed by atoms with van der Waals surface area (Å²) < 4.78 is 5.22. The Hall–Kier alpha value is -3.49. The van der Waals surface area contributed by atoms with E-state index >= 15 is 0 Å². The smallest absolute Gasteiger partial charge is 0.179 e. The van der Waals surface area contributed by atoms with E-state index in [1.807, 2.05) is 32.9 Å². The van der Waals surface area contributed by atoms with Crippen LogP contribution in [0.2, 0.25) is 0 Å². The highest BCUT2D eigenvalue weighted by Crippen LogP contribution is 2.16. The van der Waals surface area contributed by atoms with Crippen molar-refractivity contribution < 1.29 is 4.74 Å². The molecule has 3 aromatic rings. The molecule has 0 saturated carbocycles. The lowest BCUT2D eigenvalue weighted by atomic mass is 9.96. The van der Waals surface area contributed by atoms with E-state index in [-0.39, 0.29) is 5.41 Å². The van der Waals surface area contributed by atoms with Crippen molar-refractivity contribution in [1.82, 2.24) is 40.6 Å². The fourth-order valence-corrected chi connectivity index (χ4v) is 2.52. The first-order chi connectivity index (χ1) is 17.0. The highest BCUT2D eigenvalue weighted by atomic mass is 16.5. The van der Waals surface area contributed by atoms with Crippen molar-refractivity contribution in [3.8, 4) is 0 Å². The highest BCUT2D eigenvalue weighted by molar-refractivity contribution is 5.05. The lowest BCUT2D eigenvalue weighted by Gasteiger charge is -2.11. The maximum atomic E-state index is 5.22. The maximum Gasteiger partial charge on any atom is 0.179 e. The van der Waals surface area contributed by atoms with Gasteiger partial charge in [0.1, 0.15) is 12.1 Å². The third kappa shape index (κ3) is 12.8. The number of hydrogen-bond donors (Lipinski definition) is 1. The first-order valence-electron chi connectivity index (χ1n) is 12.3. The van der Waals surface area contributed by atoms with Gasteiger partial charge in [0.25, 0.3) is 0 Å². The molecule has 0 unspecified atom stereocenters. The zero-order valence-electron chi connectivity index (χ0n) is 23.2. The predicted molar refractivity (Wildman–Crippen MR) is 143 cm³/mol. The largest absolute Gasteiger partial charge is 0.470 e. The fourth-order valence-electron chi connectivity index (χ4n) is 2.52. The zero-order chi connectivity index (χ0) is 27.0. The second-order valence-electron chi connectivity index (χ2n) is 10.0. The SMILES string of the molecule is CC(C)(C)c1nn[nH]n1.CC(C)C1=CCC=CO1.CC(C)c1ccncn1.CC(C)c1cnccn1. The molecular formula is C27H42N8O. The van der Waals surface area contributed by atoms with E-state index in [0.29, 0.717) is 17.8 Å². The lowest BCUT2D eigenvalue weighted by molar-refractivity contribution is 0.296. The van der Waals surface area contributed by atoms with Crippen LogP contribution < -0.4 is 0 Å². The molecule has 0 aliphatic carbocycles. The molecule has 0 spiro atoms. The van der Waals surface area contributed by atoms with Crippen LogP contribution in [0.3, 0.4) is 0 Å². The number of allylic oxidation sites excluding steroid dienone is 3. The van der Waals surface area contributed by atoms with Crippen LogP contribution in [0.5, 0.6) is 0 Å². The molecule has 36 heavy (non-hydrogen) atoms. The van der Waals surface area contributed by atoms with E-state index in [9.17, 15) is 0 Å². The van der Waals surface area contributed by atoms with Crippen LogP contribution in [0.25, 0.3) is 0 Å². The molecule has 0 amide bonds. The standard InChI is InChI=1S/C8H12O.2C7H10N2.C5H10N4/c1-7(2)8-5-3-4-6-9-8;1-6(2)7-5-8-3-4-9-7;1-6(2)7-3-4-8-5-9-7;1-5(2,3)4-6-8-9-7-4/h4-7H,3H2,1-2H3;2*3-6H,1-2H3;1-3H3,(H,6,7,8,9). The minimum Gasteiger partial charge on any atom is -0.470 e. The van der Waals surface area contributed by atoms with Crippen molar-refractivity contribution in [2.75, 3.05) is 0 Å². The van der Waals surface area contributed by atoms with Crippen LogP contribution in [-0.2, 0) is 10.2 Å². The van der Waals surface area contributed by atoms with Crippen molar-refractivity contribution in [2.45, 2.75) is 86.0 Å². The number of nitrogens with zero attached hydrogens (tertiary/aromatic N) is 7. The van der Waals surface area contributed by atoms with E-state index in [2.05, 4.69) is 88.2 Å². The minimum atomic E-state index is 0.00694. The summed E-state index contributed by atoms with van der Waals surface area (Å²) in [5, 5.41) is 13.5. The van der Waals surface area contributed by atoms with E-state index in [1.54, 1.807) is 37.4 Å². The molecule has 0 radical (unpaired) electrons. The number of ether oxygens (including phenoxy) is 1. The highest BCUT2D eigenvalue weighted by Gasteiger charge is 2.17. The van der Waals surface area contributed by atoms with Crippen molar-refractivity contribution in [1.29, 1.82) is 0 Å². The summed E-state index contributed by atoms with van der Waals surface area (Å²) >= 11 is 0. The lowest BCUT2D eigenvalue weighted by Crippen LogP contribution is -2.13. The van der Waals surface area contributed by atoms with Gasteiger partial charge in [0.2, 0.25) is 0 Å². The average molecular weight is 495 g/mol. The monoisotopic (exact) mass is 494 g/mol. The molecular weight excluding hydrogens is 452 g/mol. The van der Waals surface area contributed by atoms with Crippen molar-refractivity contribution >= 4 is 0 Å². The first-order valence-corrected chi connectivity index (χ1v) is 12.3. The van der Waals surface area contributed by atoms with Gasteiger partial charge >= 0.3 is 0 Å². The summed E-state index contributed by atoms with van der Waals surface area (Å²) in [5.74, 6) is 3.36. The quantitative estimate of drug-likeness (QED) is 0.460. The molecule has 0 bridgehead atoms. The van der Waals surface area contributed by atoms with Gasteiger partial charge in [-0.25, -0.2) is 9.97 Å². The second-order valence-corrected chi connectivity index (χ2v) is 10.0. The molecule has 0 saturated heterocycles. The number of nitrogens with one attached hydrogen (secondary N) is 1. The van der Waals surface area contributed by atoms with Crippen LogP contribution in [-0.4, -0.2) is 40.6 Å². The number of hydrogen-bond acceptors (Lipinski definition) is 8. The Morgan fingerprint density at radius 3 is 1.89 bits per heavy atom. The summed E-state index contributed by atoms with van der Waals surface area (Å²) in [6, 6.07) is 1.94. The Kier molecular flexibility index (Phi) is 13.8. The molecule has 1 aliphatic heterocycles. The summed E-state index contributed by atoms with van der Waals surface area (Å²) in [4.78, 5) is 15.9. The Bertz CT molecular complexity index is 950. The van der Waals surface area contributed by atoms with Gasteiger partial charge in [0.15, 0.2) is 5.82 Å². The van der Waals surface area contributed by atoms with Gasteiger partial charge in [-0.05, 0) is 36.5 Å². The van der Waals surface area contributed by atoms with E-state index < -0.39 is 0 Å². The summed E-state index contributed by atoms with van der Waals surface area (Å²) in [5.41, 5.74) is 2.16. The molecule has 3 aromatic heterocycles. The van der Waals surface area contributed by atoms with E-state index in [4.69, 9.17) is 4.74 Å². The number of tetrazole rings is 1. The molecule has 4 heterocycles. The van der Waals surface area contributed by atoms with Gasteiger partial charge in [0.05, 0.1) is 12.0 Å². The van der Waals surface area contributed by atoms with Crippen LogP contribution in [0.15, 0.2) is 61.4 Å². The first kappa shape index (κ1) is 30.5. The third-order valence-electron chi connectivity index (χ3n) is 4.71. The predicted octanol–water partition coefficient (Wildman–Crippen LogP) is 6.16. The van der Waals surface area contributed by atoms with Crippen LogP contribution in [0.1, 0.15) is 97.8 Å². The molecule has 4 rings (SSSR count). The molecule has 0 fully saturated rings. The number of aromatic nitrogens is 8. The zero-order valence-corrected chi connectivity index (χ0v) is 23.2. The van der Waals surface area contributed by atoms with Crippen LogP contribution in [0, 0.1) is 5.92 Å². The Balaban J connectivity index is 0.000000240. The molecule has 0 aromatic carbocycles. The van der Waals surface area contributed by atoms with Gasteiger partial charge < -0.3 is 4.74 Å². The molecule has 9 heteroatoms. The van der Waals surface area contributed by atoms with Gasteiger partial charge in [0, 0.05) is 41.8 Å². The fraction of sp³-hybridized carbons (Fsp3) is 0.519. The number of rotatable bonds is 3. The van der Waals surface area contributed by atoms with Crippen LogP contribution >= 0.6 is 0 Å². The normalized spacial score (nSPS) is 12.4. The second kappa shape index (κ2) is 16.2. The van der Waals surface area contributed by atoms with Gasteiger partial charge in [-0.15, -0.1) is 10.2 Å². The topological polar surface area (TPSA) is 115 Å². The van der Waals surface area contributed by atoms with Crippen LogP contribution in [0.4, 0.5) is 0 Å². The minimum absolute atomic E-state index is 0.00694. The van der Waals surface area contributed by atoms with Gasteiger partial charge in [-0.3, -0.25) is 9.97 Å². The Morgan fingerprint density at radius 1 is 0.861 bits per heavy atom. The number of H-pyrrole nitrogens is 1. The summed E-state index contributed by atoms with van der Waals surface area (Å²) in [7, 11) is 0. The molecule has 0 atom stereocenters. The maximum absolute atomic E-state index is 5.22. The third-order valence-corrected chi connectivity index (χ3v) is 4.71. The number of aromatic amines is 1. The molecule has 1 aliphatic rings. The average Bonchev–Trinajstić information content (AvgIpc) is 3.43. The summed E-state index contributed by atoms with van der Waals surface area (Å²) in [6.45, 7) is 18.8. The molecule has 1 N–H and O–H groups in total. The van der Waals surface area contributed by atoms with Crippen molar-refractivity contribution in [2.24, 2.45) is 5.92 Å². The summed E-state index contributed by atoms with van der Waals surface area (Å²) in [6.07, 6.45) is 15.4. The van der Waals surface area contributed by atoms with Crippen molar-refractivity contribution in [3.63, 3.8) is 0 Å². The molecule has 9 nitrogen and oxygen atoms in total. The van der Waals surface area contributed by atoms with Gasteiger partial charge in [-0.2, -0.15) is 5.21 Å². The van der Waals surface area contributed by atoms with E-state index in [1.165, 1.54) is 0 Å². The van der Waals surface area contributed by atoms with Gasteiger partial charge in [-0.1, -0.05) is 67.5 Å². The van der Waals surface area contributed by atoms with Crippen molar-refractivity contribution in [3.05, 3.63) is 78.6 Å². The Morgan fingerprint density at radius 2 is 1.58 bits per heavy atom. The Labute approximate surface area is 216 Å².